The van der Waals surface area contributed by atoms with Crippen LogP contribution in [0, 0.1) is 0 Å². The smallest absolute Gasteiger partial charge is 0.215 e. The average Bonchev–Trinajstić information content (AvgIpc) is 2.25. The summed E-state index contributed by atoms with van der Waals surface area (Å²) in [5.41, 5.74) is 0. The van der Waals surface area contributed by atoms with E-state index in [1.165, 1.54) is 0 Å². The lowest BCUT2D eigenvalue weighted by Gasteiger charge is -2.23. The predicted octanol–water partition coefficient (Wildman–Crippen LogP) is 2.63. The molecule has 0 bridgehead atoms. The minimum Gasteiger partial charge on any atom is -0.474 e. The normalized spacial score (nSPS) is 17.7. The van der Waals surface area contributed by atoms with Crippen LogP contribution in [0.4, 0.5) is 0 Å². The van der Waals surface area contributed by atoms with Gasteiger partial charge in [-0.1, -0.05) is 11.6 Å². The molecular formula is C10H12BrClN2O. The maximum absolute atomic E-state index is 5.95. The minimum absolute atomic E-state index is 0.260. The SMILES string of the molecule is Clc1cc(OC2CCNCC2)ncc1Br. The van der Waals surface area contributed by atoms with E-state index >= 15 is 0 Å². The van der Waals surface area contributed by atoms with Crippen molar-refractivity contribution in [1.29, 1.82) is 0 Å². The molecule has 5 heteroatoms. The zero-order valence-corrected chi connectivity index (χ0v) is 10.5. The van der Waals surface area contributed by atoms with Crippen molar-refractivity contribution in [1.82, 2.24) is 10.3 Å². The molecule has 2 rings (SSSR count). The van der Waals surface area contributed by atoms with E-state index in [2.05, 4.69) is 26.2 Å². The number of aromatic nitrogens is 1. The molecule has 1 aromatic rings. The van der Waals surface area contributed by atoms with Crippen molar-refractivity contribution in [3.63, 3.8) is 0 Å². The fourth-order valence-corrected chi connectivity index (χ4v) is 1.90. The highest BCUT2D eigenvalue weighted by Gasteiger charge is 2.15. The summed E-state index contributed by atoms with van der Waals surface area (Å²) >= 11 is 9.25. The summed E-state index contributed by atoms with van der Waals surface area (Å²) in [6, 6.07) is 1.74. The van der Waals surface area contributed by atoms with Gasteiger partial charge in [0.1, 0.15) is 6.10 Å². The maximum atomic E-state index is 5.95. The Morgan fingerprint density at radius 1 is 1.47 bits per heavy atom. The van der Waals surface area contributed by atoms with Crippen LogP contribution in [0.2, 0.25) is 5.02 Å². The average molecular weight is 292 g/mol. The third-order valence-electron chi connectivity index (χ3n) is 2.36. The van der Waals surface area contributed by atoms with E-state index in [1.54, 1.807) is 12.3 Å². The molecule has 82 valence electrons. The van der Waals surface area contributed by atoms with Crippen molar-refractivity contribution in [2.75, 3.05) is 13.1 Å². The molecule has 1 aliphatic rings. The first kappa shape index (κ1) is 11.2. The number of piperidine rings is 1. The van der Waals surface area contributed by atoms with Crippen molar-refractivity contribution in [3.05, 3.63) is 21.8 Å². The molecule has 15 heavy (non-hydrogen) atoms. The summed E-state index contributed by atoms with van der Waals surface area (Å²) in [7, 11) is 0. The first-order valence-corrected chi connectivity index (χ1v) is 6.11. The van der Waals surface area contributed by atoms with Crippen LogP contribution in [0.1, 0.15) is 12.8 Å². The van der Waals surface area contributed by atoms with Crippen LogP contribution in [0.15, 0.2) is 16.7 Å². The Labute approximate surface area is 102 Å². The molecule has 1 N–H and O–H groups in total. The third-order valence-corrected chi connectivity index (χ3v) is 3.53. The molecule has 1 aromatic heterocycles. The molecule has 1 fully saturated rings. The van der Waals surface area contributed by atoms with Gasteiger partial charge in [-0.05, 0) is 41.9 Å². The molecule has 1 saturated heterocycles. The first-order chi connectivity index (χ1) is 7.25. The molecule has 2 heterocycles. The highest BCUT2D eigenvalue weighted by Crippen LogP contribution is 2.25. The van der Waals surface area contributed by atoms with Gasteiger partial charge in [-0.25, -0.2) is 4.98 Å². The summed E-state index contributed by atoms with van der Waals surface area (Å²) < 4.78 is 6.53. The van der Waals surface area contributed by atoms with Gasteiger partial charge in [-0.15, -0.1) is 0 Å². The summed E-state index contributed by atoms with van der Waals surface area (Å²) in [4.78, 5) is 4.16. The molecule has 0 saturated carbocycles. The molecule has 0 spiro atoms. The van der Waals surface area contributed by atoms with Crippen LogP contribution < -0.4 is 10.1 Å². The summed E-state index contributed by atoms with van der Waals surface area (Å²) in [5.74, 6) is 0.607. The standard InChI is InChI=1S/C10H12BrClN2O/c11-8-6-14-10(5-9(8)12)15-7-1-3-13-4-2-7/h5-7,13H,1-4H2. The Balaban J connectivity index is 2.00. The molecular weight excluding hydrogens is 279 g/mol. The Bertz CT molecular complexity index is 342. The van der Waals surface area contributed by atoms with Gasteiger partial charge in [0, 0.05) is 12.3 Å². The van der Waals surface area contributed by atoms with Crippen LogP contribution in [-0.4, -0.2) is 24.2 Å². The van der Waals surface area contributed by atoms with Gasteiger partial charge in [0.15, 0.2) is 0 Å². The molecule has 0 amide bonds. The topological polar surface area (TPSA) is 34.1 Å². The van der Waals surface area contributed by atoms with Gasteiger partial charge in [-0.3, -0.25) is 0 Å². The lowest BCUT2D eigenvalue weighted by Crippen LogP contribution is -2.34. The highest BCUT2D eigenvalue weighted by atomic mass is 79.9. The van der Waals surface area contributed by atoms with Gasteiger partial charge in [-0.2, -0.15) is 0 Å². The van der Waals surface area contributed by atoms with Gasteiger partial charge in [0.25, 0.3) is 0 Å². The number of halogens is 2. The Morgan fingerprint density at radius 3 is 2.87 bits per heavy atom. The molecule has 0 unspecified atom stereocenters. The maximum Gasteiger partial charge on any atom is 0.215 e. The fourth-order valence-electron chi connectivity index (χ4n) is 1.55. The second-order valence-corrected chi connectivity index (χ2v) is 4.77. The number of ether oxygens (including phenoxy) is 1. The number of pyridine rings is 1. The molecule has 1 aliphatic heterocycles. The van der Waals surface area contributed by atoms with E-state index in [1.807, 2.05) is 0 Å². The first-order valence-electron chi connectivity index (χ1n) is 4.94. The van der Waals surface area contributed by atoms with Crippen molar-refractivity contribution in [2.24, 2.45) is 0 Å². The van der Waals surface area contributed by atoms with E-state index in [9.17, 15) is 0 Å². The van der Waals surface area contributed by atoms with Crippen LogP contribution in [-0.2, 0) is 0 Å². The van der Waals surface area contributed by atoms with E-state index in [0.29, 0.717) is 10.9 Å². The number of hydrogen-bond acceptors (Lipinski definition) is 3. The van der Waals surface area contributed by atoms with Crippen molar-refractivity contribution >= 4 is 27.5 Å². The van der Waals surface area contributed by atoms with Crippen molar-refractivity contribution in [3.8, 4) is 5.88 Å². The van der Waals surface area contributed by atoms with Crippen LogP contribution >= 0.6 is 27.5 Å². The van der Waals surface area contributed by atoms with E-state index in [0.717, 1.165) is 30.4 Å². The zero-order chi connectivity index (χ0) is 10.7. The zero-order valence-electron chi connectivity index (χ0n) is 8.17. The monoisotopic (exact) mass is 290 g/mol. The molecule has 0 atom stereocenters. The van der Waals surface area contributed by atoms with Gasteiger partial charge >= 0.3 is 0 Å². The van der Waals surface area contributed by atoms with E-state index in [-0.39, 0.29) is 6.10 Å². The highest BCUT2D eigenvalue weighted by molar-refractivity contribution is 9.10. The van der Waals surface area contributed by atoms with Crippen molar-refractivity contribution in [2.45, 2.75) is 18.9 Å². The summed E-state index contributed by atoms with van der Waals surface area (Å²) in [6.07, 6.45) is 3.97. The number of nitrogens with one attached hydrogen (secondary N) is 1. The summed E-state index contributed by atoms with van der Waals surface area (Å²) in [6.45, 7) is 2.02. The van der Waals surface area contributed by atoms with E-state index < -0.39 is 0 Å². The van der Waals surface area contributed by atoms with Gasteiger partial charge < -0.3 is 10.1 Å². The predicted molar refractivity (Wildman–Crippen MR) is 63.5 cm³/mol. The number of nitrogens with zero attached hydrogens (tertiary/aromatic N) is 1. The molecule has 3 nitrogen and oxygen atoms in total. The number of hydrogen-bond donors (Lipinski definition) is 1. The van der Waals surface area contributed by atoms with E-state index in [4.69, 9.17) is 16.3 Å². The fraction of sp³-hybridized carbons (Fsp3) is 0.500. The van der Waals surface area contributed by atoms with Crippen LogP contribution in [0.25, 0.3) is 0 Å². The third kappa shape index (κ3) is 3.06. The van der Waals surface area contributed by atoms with Gasteiger partial charge in [0.2, 0.25) is 5.88 Å². The van der Waals surface area contributed by atoms with Crippen LogP contribution in [0.5, 0.6) is 5.88 Å². The van der Waals surface area contributed by atoms with Crippen molar-refractivity contribution < 1.29 is 4.74 Å². The molecule has 0 aliphatic carbocycles. The molecule has 0 radical (unpaired) electrons. The second kappa shape index (κ2) is 5.14. The lowest BCUT2D eigenvalue weighted by atomic mass is 10.1. The van der Waals surface area contributed by atoms with Crippen LogP contribution in [0.3, 0.4) is 0 Å². The number of rotatable bonds is 2. The second-order valence-electron chi connectivity index (χ2n) is 3.50. The molecule has 0 aromatic carbocycles. The lowest BCUT2D eigenvalue weighted by molar-refractivity contribution is 0.156. The summed E-state index contributed by atoms with van der Waals surface area (Å²) in [5, 5.41) is 3.92. The Morgan fingerprint density at radius 2 is 2.20 bits per heavy atom. The van der Waals surface area contributed by atoms with Gasteiger partial charge in [0.05, 0.1) is 9.50 Å². The Hall–Kier alpha value is -0.320. The Kier molecular flexibility index (Phi) is 3.83. The largest absolute Gasteiger partial charge is 0.474 e. The quantitative estimate of drug-likeness (QED) is 0.909. The minimum atomic E-state index is 0.260.